The van der Waals surface area contributed by atoms with Gasteiger partial charge in [-0.2, -0.15) is 0 Å². The molecule has 5 rings (SSSR count). The Bertz CT molecular complexity index is 1400. The number of benzene rings is 1. The summed E-state index contributed by atoms with van der Waals surface area (Å²) in [5, 5.41) is 15.7. The van der Waals surface area contributed by atoms with E-state index in [1.54, 1.807) is 31.5 Å². The van der Waals surface area contributed by atoms with E-state index in [1.807, 2.05) is 30.3 Å². The van der Waals surface area contributed by atoms with Gasteiger partial charge in [-0.3, -0.25) is 14.4 Å². The summed E-state index contributed by atoms with van der Waals surface area (Å²) in [6.45, 7) is 5.21. The summed E-state index contributed by atoms with van der Waals surface area (Å²) in [5.41, 5.74) is 0.0874. The number of amides is 3. The molecule has 12 heteroatoms. The van der Waals surface area contributed by atoms with Crippen molar-refractivity contribution in [3.8, 4) is 0 Å². The van der Waals surface area contributed by atoms with Crippen LogP contribution in [0.15, 0.2) is 42.7 Å². The first-order valence-corrected chi connectivity index (χ1v) is 15.9. The van der Waals surface area contributed by atoms with Gasteiger partial charge in [0, 0.05) is 43.7 Å². The van der Waals surface area contributed by atoms with E-state index in [4.69, 9.17) is 0 Å². The lowest BCUT2D eigenvalue weighted by molar-refractivity contribution is -0.152. The van der Waals surface area contributed by atoms with Crippen molar-refractivity contribution in [1.29, 1.82) is 0 Å². The molecule has 244 valence electrons. The Hall–Kier alpha value is -3.83. The third-order valence-corrected chi connectivity index (χ3v) is 9.75. The summed E-state index contributed by atoms with van der Waals surface area (Å²) in [5.74, 6) is -8.33. The van der Waals surface area contributed by atoms with E-state index in [9.17, 15) is 33.1 Å². The van der Waals surface area contributed by atoms with Crippen LogP contribution in [-0.4, -0.2) is 73.8 Å². The molecule has 2 saturated carbocycles. The number of likely N-dealkylation sites (tertiary alicyclic amines) is 1. The standard InChI is InChI=1S/C33H43F2N5O5/c1-32(2,3)26(30(43)40-19-23-22(25(40)31(44)45)14-15-33(23,34)35)38-28(41)24(21-12-8-5-9-13-21)37-29(42)27-36-16-17-39(27)18-20-10-6-4-7-11-20/h4,6-7,10-11,16-17,21-26H,5,8-9,12-15,18-19H2,1-3H3,(H,37,42)(H,38,41)(H,44,45)/t22-,23?,24-,25-,26+/m0/s1. The molecule has 1 aromatic carbocycles. The van der Waals surface area contributed by atoms with Crippen molar-refractivity contribution < 1.29 is 33.1 Å². The number of aromatic nitrogens is 2. The lowest BCUT2D eigenvalue weighted by atomic mass is 9.82. The third-order valence-electron chi connectivity index (χ3n) is 9.75. The number of carboxylic acids is 1. The van der Waals surface area contributed by atoms with Crippen LogP contribution >= 0.6 is 0 Å². The predicted molar refractivity (Wildman–Crippen MR) is 161 cm³/mol. The highest BCUT2D eigenvalue weighted by Gasteiger charge is 2.61. The van der Waals surface area contributed by atoms with Crippen LogP contribution in [0.5, 0.6) is 0 Å². The maximum Gasteiger partial charge on any atom is 0.326 e. The van der Waals surface area contributed by atoms with Crippen molar-refractivity contribution in [1.82, 2.24) is 25.1 Å². The molecular weight excluding hydrogens is 584 g/mol. The Morgan fingerprint density at radius 3 is 2.38 bits per heavy atom. The molecule has 0 radical (unpaired) electrons. The predicted octanol–water partition coefficient (Wildman–Crippen LogP) is 4.10. The molecule has 1 aliphatic heterocycles. The molecule has 2 aliphatic carbocycles. The lowest BCUT2D eigenvalue weighted by Gasteiger charge is -2.37. The van der Waals surface area contributed by atoms with E-state index in [0.29, 0.717) is 19.4 Å². The third kappa shape index (κ3) is 6.89. The first-order valence-electron chi connectivity index (χ1n) is 15.9. The van der Waals surface area contributed by atoms with Crippen molar-refractivity contribution in [2.75, 3.05) is 6.54 Å². The Kier molecular flexibility index (Phi) is 9.32. The molecule has 1 saturated heterocycles. The van der Waals surface area contributed by atoms with Crippen LogP contribution in [0.4, 0.5) is 8.78 Å². The van der Waals surface area contributed by atoms with E-state index >= 15 is 0 Å². The molecule has 3 amide bonds. The van der Waals surface area contributed by atoms with Gasteiger partial charge in [-0.05, 0) is 36.2 Å². The zero-order valence-corrected chi connectivity index (χ0v) is 26.0. The molecule has 3 aliphatic rings. The molecule has 2 heterocycles. The zero-order valence-electron chi connectivity index (χ0n) is 26.0. The van der Waals surface area contributed by atoms with Crippen LogP contribution < -0.4 is 10.6 Å². The fourth-order valence-corrected chi connectivity index (χ4v) is 7.35. The first-order chi connectivity index (χ1) is 21.3. The van der Waals surface area contributed by atoms with Crippen LogP contribution in [0.25, 0.3) is 0 Å². The van der Waals surface area contributed by atoms with E-state index in [2.05, 4.69) is 15.6 Å². The molecule has 10 nitrogen and oxygen atoms in total. The first kappa shape index (κ1) is 32.6. The van der Waals surface area contributed by atoms with Gasteiger partial charge in [0.15, 0.2) is 5.82 Å². The average molecular weight is 628 g/mol. The molecule has 0 bridgehead atoms. The monoisotopic (exact) mass is 627 g/mol. The Labute approximate surface area is 261 Å². The number of halogens is 2. The van der Waals surface area contributed by atoms with Gasteiger partial charge in [-0.25, -0.2) is 18.6 Å². The van der Waals surface area contributed by atoms with Crippen LogP contribution in [0.1, 0.15) is 81.9 Å². The molecule has 0 spiro atoms. The molecular formula is C33H43F2N5O5. The quantitative estimate of drug-likeness (QED) is 0.384. The number of hydrogen-bond acceptors (Lipinski definition) is 5. The number of nitrogens with zero attached hydrogens (tertiary/aromatic N) is 3. The van der Waals surface area contributed by atoms with Gasteiger partial charge in [0.25, 0.3) is 11.8 Å². The molecule has 3 fully saturated rings. The van der Waals surface area contributed by atoms with E-state index in [1.165, 1.54) is 6.20 Å². The maximum atomic E-state index is 14.7. The van der Waals surface area contributed by atoms with Gasteiger partial charge >= 0.3 is 5.97 Å². The van der Waals surface area contributed by atoms with Gasteiger partial charge in [0.2, 0.25) is 11.8 Å². The van der Waals surface area contributed by atoms with Gasteiger partial charge < -0.3 is 25.2 Å². The SMILES string of the molecule is CC(C)(C)[C@H](NC(=O)[C@@H](NC(=O)c1nccn1Cc1ccccc1)C1CCCCC1)C(=O)N1CC2[C@H](CCC2(F)F)[C@H]1C(=O)O. The van der Waals surface area contributed by atoms with Crippen LogP contribution in [0.3, 0.4) is 0 Å². The largest absolute Gasteiger partial charge is 0.480 e. The Morgan fingerprint density at radius 2 is 1.73 bits per heavy atom. The number of carbonyl (C=O) groups excluding carboxylic acids is 3. The number of carbonyl (C=O) groups is 4. The van der Waals surface area contributed by atoms with Gasteiger partial charge in [-0.1, -0.05) is 70.4 Å². The van der Waals surface area contributed by atoms with Crippen LogP contribution in [0.2, 0.25) is 0 Å². The topological polar surface area (TPSA) is 134 Å². The highest BCUT2D eigenvalue weighted by molar-refractivity contribution is 5.97. The zero-order chi connectivity index (χ0) is 32.5. The summed E-state index contributed by atoms with van der Waals surface area (Å²) >= 11 is 0. The number of hydrogen-bond donors (Lipinski definition) is 3. The highest BCUT2D eigenvalue weighted by atomic mass is 19.3. The lowest BCUT2D eigenvalue weighted by Crippen LogP contribution is -2.61. The van der Waals surface area contributed by atoms with Crippen molar-refractivity contribution in [2.24, 2.45) is 23.2 Å². The van der Waals surface area contributed by atoms with Crippen LogP contribution in [0, 0.1) is 23.2 Å². The minimum absolute atomic E-state index is 0.0147. The van der Waals surface area contributed by atoms with E-state index < -0.39 is 71.4 Å². The average Bonchev–Trinajstić information content (AvgIpc) is 3.70. The van der Waals surface area contributed by atoms with E-state index in [-0.39, 0.29) is 24.7 Å². The van der Waals surface area contributed by atoms with Gasteiger partial charge in [0.1, 0.15) is 18.1 Å². The number of alkyl halides is 2. The van der Waals surface area contributed by atoms with Crippen molar-refractivity contribution in [3.63, 3.8) is 0 Å². The number of fused-ring (bicyclic) bond motifs is 1. The second-order valence-corrected chi connectivity index (χ2v) is 13.9. The number of imidazole rings is 1. The summed E-state index contributed by atoms with van der Waals surface area (Å²) in [6, 6.07) is 6.01. The van der Waals surface area contributed by atoms with Gasteiger partial charge in [0.05, 0.1) is 0 Å². The molecule has 2 aromatic rings. The Balaban J connectivity index is 1.37. The van der Waals surface area contributed by atoms with E-state index in [0.717, 1.165) is 29.7 Å². The molecule has 1 aromatic heterocycles. The number of carboxylic acid groups (broad SMARTS) is 1. The minimum Gasteiger partial charge on any atom is -0.480 e. The highest BCUT2D eigenvalue weighted by Crippen LogP contribution is 2.51. The van der Waals surface area contributed by atoms with Gasteiger partial charge in [-0.15, -0.1) is 0 Å². The molecule has 1 unspecified atom stereocenters. The number of rotatable bonds is 9. The van der Waals surface area contributed by atoms with Crippen molar-refractivity contribution >= 4 is 23.7 Å². The summed E-state index contributed by atoms with van der Waals surface area (Å²) in [6.07, 6.45) is 7.03. The van der Waals surface area contributed by atoms with Crippen molar-refractivity contribution in [3.05, 3.63) is 54.1 Å². The number of nitrogens with one attached hydrogen (secondary N) is 2. The normalized spacial score (nSPS) is 24.5. The molecule has 3 N–H and O–H groups in total. The fourth-order valence-electron chi connectivity index (χ4n) is 7.35. The van der Waals surface area contributed by atoms with Crippen LogP contribution in [-0.2, 0) is 20.9 Å². The maximum absolute atomic E-state index is 14.7. The number of aliphatic carboxylic acids is 1. The molecule has 45 heavy (non-hydrogen) atoms. The second-order valence-electron chi connectivity index (χ2n) is 13.9. The summed E-state index contributed by atoms with van der Waals surface area (Å²) in [4.78, 5) is 59.2. The second kappa shape index (κ2) is 12.9. The smallest absolute Gasteiger partial charge is 0.326 e. The molecule has 5 atom stereocenters. The fraction of sp³-hybridized carbons (Fsp3) is 0.606. The van der Waals surface area contributed by atoms with Crippen molar-refractivity contribution in [2.45, 2.75) is 96.3 Å². The minimum atomic E-state index is -3.06. The Morgan fingerprint density at radius 1 is 1.04 bits per heavy atom. The summed E-state index contributed by atoms with van der Waals surface area (Å²) < 4.78 is 31.0. The summed E-state index contributed by atoms with van der Waals surface area (Å²) in [7, 11) is 0.